The molecule has 3 aromatic carbocycles. The molecule has 0 saturated carbocycles. The van der Waals surface area contributed by atoms with Crippen molar-refractivity contribution in [3.63, 3.8) is 0 Å². The number of benzene rings is 3. The third-order valence-corrected chi connectivity index (χ3v) is 11.1. The van der Waals surface area contributed by atoms with Gasteiger partial charge in [0.1, 0.15) is 23.2 Å². The molecule has 15 heteroatoms. The van der Waals surface area contributed by atoms with Gasteiger partial charge in [-0.2, -0.15) is 4.31 Å². The summed E-state index contributed by atoms with van der Waals surface area (Å²) < 4.78 is 80.5. The minimum Gasteiger partial charge on any atom is -0.495 e. The Hall–Kier alpha value is -3.56. The normalized spacial score (nSPS) is 12.5. The number of thioether (sulfide) groups is 1. The Labute approximate surface area is 294 Å². The molecular formula is C34H40ClF3N5O4S2+. The van der Waals surface area contributed by atoms with E-state index in [0.29, 0.717) is 44.8 Å². The van der Waals surface area contributed by atoms with E-state index in [2.05, 4.69) is 4.98 Å². The average molecular weight is 739 g/mol. The van der Waals surface area contributed by atoms with Crippen LogP contribution in [0.5, 0.6) is 5.75 Å². The Morgan fingerprint density at radius 2 is 1.69 bits per heavy atom. The molecule has 1 amide bonds. The van der Waals surface area contributed by atoms with E-state index in [1.54, 1.807) is 29.0 Å². The first-order valence-electron chi connectivity index (χ1n) is 15.2. The molecule has 0 fully saturated rings. The molecule has 1 heterocycles. The number of amides is 1. The molecule has 1 aromatic heterocycles. The van der Waals surface area contributed by atoms with Crippen molar-refractivity contribution in [2.24, 2.45) is 5.73 Å². The number of methoxy groups -OCH3 is 1. The van der Waals surface area contributed by atoms with Gasteiger partial charge in [0.2, 0.25) is 15.9 Å². The third-order valence-electron chi connectivity index (χ3n) is 7.99. The fourth-order valence-electron chi connectivity index (χ4n) is 5.25. The lowest BCUT2D eigenvalue weighted by molar-refractivity contribution is -0.870. The van der Waals surface area contributed by atoms with E-state index in [4.69, 9.17) is 22.1 Å². The van der Waals surface area contributed by atoms with Gasteiger partial charge in [-0.15, -0.1) is 0 Å². The minimum atomic E-state index is -4.46. The van der Waals surface area contributed by atoms with Crippen molar-refractivity contribution >= 4 is 39.3 Å². The van der Waals surface area contributed by atoms with Crippen molar-refractivity contribution in [2.45, 2.75) is 41.5 Å². The van der Waals surface area contributed by atoms with Crippen molar-refractivity contribution in [3.05, 3.63) is 100 Å². The third kappa shape index (κ3) is 8.97. The molecular weight excluding hydrogens is 699 g/mol. The van der Waals surface area contributed by atoms with Crippen LogP contribution in [0, 0.1) is 17.5 Å². The topological polar surface area (TPSA) is 108 Å². The van der Waals surface area contributed by atoms with Crippen LogP contribution in [-0.4, -0.2) is 80.6 Å². The molecule has 0 radical (unpaired) electrons. The molecule has 0 saturated heterocycles. The lowest BCUT2D eigenvalue weighted by Gasteiger charge is -2.28. The maximum atomic E-state index is 15.5. The number of hydrogen-bond donors (Lipinski definition) is 1. The highest BCUT2D eigenvalue weighted by molar-refractivity contribution is 7.98. The predicted octanol–water partition coefficient (Wildman–Crippen LogP) is 6.14. The van der Waals surface area contributed by atoms with Crippen LogP contribution >= 0.6 is 23.4 Å². The second-order valence-electron chi connectivity index (χ2n) is 13.0. The van der Waals surface area contributed by atoms with Gasteiger partial charge < -0.3 is 15.0 Å². The summed E-state index contributed by atoms with van der Waals surface area (Å²) in [4.78, 5) is 15.7. The molecule has 0 aliphatic carbocycles. The first-order chi connectivity index (χ1) is 22.8. The fraction of sp³-hybridized carbons (Fsp3) is 0.353. The maximum Gasteiger partial charge on any atom is 0.243 e. The molecule has 0 aliphatic heterocycles. The van der Waals surface area contributed by atoms with Gasteiger partial charge in [-0.05, 0) is 54.1 Å². The van der Waals surface area contributed by atoms with Crippen molar-refractivity contribution in [1.82, 2.24) is 13.9 Å². The predicted molar refractivity (Wildman–Crippen MR) is 185 cm³/mol. The Balaban J connectivity index is 1.68. The molecule has 9 nitrogen and oxygen atoms in total. The van der Waals surface area contributed by atoms with E-state index < -0.39 is 50.2 Å². The summed E-state index contributed by atoms with van der Waals surface area (Å²) in [5.74, 6) is -3.26. The second kappa shape index (κ2) is 15.1. The minimum absolute atomic E-state index is 0.0604. The largest absolute Gasteiger partial charge is 0.495 e. The van der Waals surface area contributed by atoms with Gasteiger partial charge in [0.05, 0.1) is 63.2 Å². The Morgan fingerprint density at radius 1 is 1.06 bits per heavy atom. The summed E-state index contributed by atoms with van der Waals surface area (Å²) in [6.07, 6.45) is 2.03. The van der Waals surface area contributed by atoms with Gasteiger partial charge in [0.15, 0.2) is 5.16 Å². The number of quaternary nitrogens is 1. The summed E-state index contributed by atoms with van der Waals surface area (Å²) in [6, 6.07) is 12.6. The highest BCUT2D eigenvalue weighted by Crippen LogP contribution is 2.39. The number of imidazole rings is 1. The van der Waals surface area contributed by atoms with Crippen LogP contribution in [0.25, 0.3) is 5.69 Å². The van der Waals surface area contributed by atoms with Gasteiger partial charge >= 0.3 is 0 Å². The standard InChI is InChI=1S/C34H39ClF3N5O4S2/c1-34(2,22-8-13-27(35)30(16-22)47-6)31-19-40-33(42(31)24-11-9-23(36)10-12-24)48-21-26-28(37)17-25(18-29(26)38)49(45,46)41(20-32(39)44)14-7-15-43(3,4)5/h8-13,16-19H,7,14-15,20-21H2,1-6H3,(H-,39,44)/p+1. The van der Waals surface area contributed by atoms with Gasteiger partial charge in [-0.3, -0.25) is 9.36 Å². The lowest BCUT2D eigenvalue weighted by Crippen LogP contribution is -2.42. The van der Waals surface area contributed by atoms with Gasteiger partial charge in [-0.25, -0.2) is 26.6 Å². The summed E-state index contributed by atoms with van der Waals surface area (Å²) in [5.41, 5.74) is 6.33. The fourth-order valence-corrected chi connectivity index (χ4v) is 7.92. The number of carbonyl (C=O) groups excluding carboxylic acids is 1. The van der Waals surface area contributed by atoms with Crippen LogP contribution in [0.15, 0.2) is 70.8 Å². The van der Waals surface area contributed by atoms with Crippen molar-refractivity contribution in [1.29, 1.82) is 0 Å². The molecule has 4 aromatic rings. The molecule has 49 heavy (non-hydrogen) atoms. The van der Waals surface area contributed by atoms with E-state index in [0.717, 1.165) is 33.8 Å². The number of primary amides is 1. The zero-order chi connectivity index (χ0) is 36.3. The lowest BCUT2D eigenvalue weighted by atomic mass is 9.81. The number of rotatable bonds is 15. The zero-order valence-electron chi connectivity index (χ0n) is 28.1. The molecule has 0 aliphatic rings. The van der Waals surface area contributed by atoms with Gasteiger partial charge in [-0.1, -0.05) is 43.3 Å². The smallest absolute Gasteiger partial charge is 0.243 e. The number of ether oxygens (including phenoxy) is 1. The first kappa shape index (κ1) is 38.2. The molecule has 0 bridgehead atoms. The average Bonchev–Trinajstić information content (AvgIpc) is 3.44. The van der Waals surface area contributed by atoms with E-state index in [1.165, 1.54) is 19.2 Å². The van der Waals surface area contributed by atoms with E-state index >= 15 is 8.78 Å². The number of aromatic nitrogens is 2. The first-order valence-corrected chi connectivity index (χ1v) is 18.0. The summed E-state index contributed by atoms with van der Waals surface area (Å²) in [6.45, 7) is 3.82. The second-order valence-corrected chi connectivity index (χ2v) is 16.3. The van der Waals surface area contributed by atoms with Crippen LogP contribution in [0.1, 0.15) is 37.1 Å². The Kier molecular flexibility index (Phi) is 11.8. The summed E-state index contributed by atoms with van der Waals surface area (Å²) in [5, 5.41) is 0.796. The van der Waals surface area contributed by atoms with Crippen LogP contribution in [0.4, 0.5) is 13.2 Å². The molecule has 0 spiro atoms. The van der Waals surface area contributed by atoms with Crippen molar-refractivity contribution in [3.8, 4) is 11.4 Å². The number of sulfonamides is 1. The highest BCUT2D eigenvalue weighted by Gasteiger charge is 2.32. The molecule has 0 atom stereocenters. The summed E-state index contributed by atoms with van der Waals surface area (Å²) in [7, 11) is 2.84. The van der Waals surface area contributed by atoms with Crippen molar-refractivity contribution in [2.75, 3.05) is 47.9 Å². The monoisotopic (exact) mass is 738 g/mol. The van der Waals surface area contributed by atoms with Crippen LogP contribution < -0.4 is 10.5 Å². The van der Waals surface area contributed by atoms with E-state index in [-0.39, 0.29) is 17.9 Å². The number of carbonyl (C=O) groups is 1. The molecule has 0 unspecified atom stereocenters. The quantitative estimate of drug-likeness (QED) is 0.116. The van der Waals surface area contributed by atoms with Crippen LogP contribution in [0.3, 0.4) is 0 Å². The number of nitrogens with two attached hydrogens (primary N) is 1. The van der Waals surface area contributed by atoms with Crippen molar-refractivity contribution < 1.29 is 35.6 Å². The SMILES string of the molecule is COc1cc(C(C)(C)c2cnc(SCc3c(F)cc(S(=O)(=O)N(CCC[N+](C)(C)C)CC(N)=O)cc3F)n2-c2ccc(F)cc2)ccc1Cl. The summed E-state index contributed by atoms with van der Waals surface area (Å²) >= 11 is 7.29. The molecule has 2 N–H and O–H groups in total. The van der Waals surface area contributed by atoms with E-state index in [1.807, 2.05) is 47.1 Å². The maximum absolute atomic E-state index is 15.5. The number of nitrogens with zero attached hydrogens (tertiary/aromatic N) is 4. The Bertz CT molecular complexity index is 1910. The molecule has 264 valence electrons. The van der Waals surface area contributed by atoms with Crippen LogP contribution in [-0.2, 0) is 26.0 Å². The number of halogens is 4. The van der Waals surface area contributed by atoms with Crippen LogP contribution in [0.2, 0.25) is 5.02 Å². The van der Waals surface area contributed by atoms with Gasteiger partial charge in [0, 0.05) is 35.4 Å². The Morgan fingerprint density at radius 3 is 2.27 bits per heavy atom. The van der Waals surface area contributed by atoms with Gasteiger partial charge in [0.25, 0.3) is 0 Å². The number of hydrogen-bond acceptors (Lipinski definition) is 6. The zero-order valence-corrected chi connectivity index (χ0v) is 30.5. The van der Waals surface area contributed by atoms with E-state index in [9.17, 15) is 17.6 Å². The molecule has 4 rings (SSSR count). The highest BCUT2D eigenvalue weighted by atomic mass is 35.5.